The molecule has 13 nitrogen and oxygen atoms in total. The number of rotatable bonds is 5. The van der Waals surface area contributed by atoms with Crippen molar-refractivity contribution in [3.63, 3.8) is 0 Å². The van der Waals surface area contributed by atoms with Gasteiger partial charge in [-0.3, -0.25) is 19.1 Å². The van der Waals surface area contributed by atoms with Crippen LogP contribution in [0.2, 0.25) is 0 Å². The molecule has 188 valence electrons. The van der Waals surface area contributed by atoms with E-state index in [4.69, 9.17) is 10.5 Å². The zero-order valence-corrected chi connectivity index (χ0v) is 20.1. The fraction of sp³-hybridized carbons (Fsp3) is 0.455. The number of carbonyl (C=O) groups excluding carboxylic acids is 2. The minimum Gasteiger partial charge on any atom is -0.387 e. The lowest BCUT2D eigenvalue weighted by Crippen LogP contribution is -2.44. The van der Waals surface area contributed by atoms with Crippen molar-refractivity contribution < 1.29 is 24.5 Å². The molecule has 14 heteroatoms. The maximum Gasteiger partial charge on any atom is 0.266 e. The summed E-state index contributed by atoms with van der Waals surface area (Å²) in [6, 6.07) is 0.129. The van der Waals surface area contributed by atoms with E-state index in [-0.39, 0.29) is 41.3 Å². The number of fused-ring (bicyclic) bond motifs is 1. The van der Waals surface area contributed by atoms with Crippen LogP contribution in [0.1, 0.15) is 41.0 Å². The van der Waals surface area contributed by atoms with Crippen LogP contribution in [0.3, 0.4) is 0 Å². The summed E-state index contributed by atoms with van der Waals surface area (Å²) >= 11 is 1.29. The summed E-state index contributed by atoms with van der Waals surface area (Å²) in [7, 11) is 1.40. The Bertz CT molecular complexity index is 1350. The van der Waals surface area contributed by atoms with Gasteiger partial charge in [-0.1, -0.05) is 5.92 Å². The molecule has 0 radical (unpaired) electrons. The van der Waals surface area contributed by atoms with E-state index in [0.29, 0.717) is 4.88 Å². The highest BCUT2D eigenvalue weighted by Gasteiger charge is 2.47. The molecule has 4 atom stereocenters. The number of ether oxygens (including phenoxy) is 1. The summed E-state index contributed by atoms with van der Waals surface area (Å²) in [5, 5.41) is 23.2. The molecule has 1 aliphatic heterocycles. The number of hydrogen-bond acceptors (Lipinski definition) is 11. The van der Waals surface area contributed by atoms with Crippen LogP contribution < -0.4 is 11.1 Å². The third-order valence-electron chi connectivity index (χ3n) is 6.33. The number of nitrogens with two attached hydrogens (primary N) is 1. The van der Waals surface area contributed by atoms with Crippen LogP contribution in [0, 0.1) is 11.8 Å². The molecule has 0 aromatic carbocycles. The smallest absolute Gasteiger partial charge is 0.266 e. The molecule has 1 saturated heterocycles. The summed E-state index contributed by atoms with van der Waals surface area (Å²) in [6.07, 6.45) is 0.551. The van der Waals surface area contributed by atoms with Crippen molar-refractivity contribution in [3.8, 4) is 11.8 Å². The van der Waals surface area contributed by atoms with Gasteiger partial charge < -0.3 is 30.9 Å². The summed E-state index contributed by atoms with van der Waals surface area (Å²) in [5.74, 6) is 5.31. The number of hydrogen-bond donors (Lipinski definition) is 4. The molecule has 2 amide bonds. The molecule has 36 heavy (non-hydrogen) atoms. The zero-order chi connectivity index (χ0) is 25.4. The maximum atomic E-state index is 12.9. The second-order valence-corrected chi connectivity index (χ2v) is 9.37. The first-order valence-corrected chi connectivity index (χ1v) is 12.2. The predicted molar refractivity (Wildman–Crippen MR) is 127 cm³/mol. The SMILES string of the molecule is CNC(=O)[C@H]1O[C@@H](n2cnc3c(N)nc(C#CCN(C(=O)c4cncs4)C4CCC4)nc32)[C@H](O)[C@@H]1O. The molecule has 2 aliphatic rings. The topological polar surface area (TPSA) is 182 Å². The van der Waals surface area contributed by atoms with Gasteiger partial charge in [0.15, 0.2) is 23.8 Å². The van der Waals surface area contributed by atoms with E-state index in [1.807, 2.05) is 0 Å². The van der Waals surface area contributed by atoms with Gasteiger partial charge in [0.2, 0.25) is 5.82 Å². The first-order chi connectivity index (χ1) is 17.4. The number of aliphatic hydroxyl groups is 2. The largest absolute Gasteiger partial charge is 0.387 e. The van der Waals surface area contributed by atoms with Crippen LogP contribution in [0.15, 0.2) is 18.0 Å². The number of imidazole rings is 1. The minimum atomic E-state index is -1.44. The Morgan fingerprint density at radius 3 is 2.81 bits per heavy atom. The third kappa shape index (κ3) is 4.26. The normalized spacial score (nSPS) is 23.6. The minimum absolute atomic E-state index is 0.0653. The number of nitrogens with one attached hydrogen (secondary N) is 1. The van der Waals surface area contributed by atoms with Crippen molar-refractivity contribution in [2.24, 2.45) is 0 Å². The van der Waals surface area contributed by atoms with Crippen molar-refractivity contribution in [2.45, 2.75) is 49.8 Å². The number of likely N-dealkylation sites (N-methyl/N-ethyl adjacent to an activating group) is 1. The molecule has 3 aromatic heterocycles. The monoisotopic (exact) mass is 512 g/mol. The standard InChI is InChI=1S/C22H24N8O5S/c1-24-20(33)17-15(31)16(32)22(35-17)30-9-26-14-18(23)27-13(28-19(14)30)6-3-7-29(11-4-2-5-11)21(34)12-8-25-10-36-12/h8-11,15-17,22,31-32H,2,4-5,7H2,1H3,(H,24,33)(H2,23,27,28)/t15-,16+,17-,22+/m0/s1. The molecule has 3 aromatic rings. The van der Waals surface area contributed by atoms with Gasteiger partial charge in [-0.15, -0.1) is 11.3 Å². The number of nitrogens with zero attached hydrogens (tertiary/aromatic N) is 6. The fourth-order valence-electron chi connectivity index (χ4n) is 4.16. The summed E-state index contributed by atoms with van der Waals surface area (Å²) in [6.45, 7) is 0.187. The van der Waals surface area contributed by atoms with Crippen LogP contribution >= 0.6 is 11.3 Å². The molecule has 0 bridgehead atoms. The highest BCUT2D eigenvalue weighted by atomic mass is 32.1. The van der Waals surface area contributed by atoms with E-state index in [1.165, 1.54) is 29.3 Å². The van der Waals surface area contributed by atoms with Crippen LogP contribution in [0.4, 0.5) is 5.82 Å². The quantitative estimate of drug-likeness (QED) is 0.318. The van der Waals surface area contributed by atoms with Crippen molar-refractivity contribution in [1.29, 1.82) is 0 Å². The lowest BCUT2D eigenvalue weighted by Gasteiger charge is -2.36. The Kier molecular flexibility index (Phi) is 6.54. The van der Waals surface area contributed by atoms with Crippen molar-refractivity contribution in [1.82, 2.24) is 34.7 Å². The summed E-state index contributed by atoms with van der Waals surface area (Å²) < 4.78 is 6.99. The molecule has 1 saturated carbocycles. The Balaban J connectivity index is 1.41. The van der Waals surface area contributed by atoms with Crippen molar-refractivity contribution in [2.75, 3.05) is 19.3 Å². The van der Waals surface area contributed by atoms with Gasteiger partial charge in [-0.2, -0.15) is 0 Å². The van der Waals surface area contributed by atoms with Gasteiger partial charge in [0.25, 0.3) is 11.8 Å². The summed E-state index contributed by atoms with van der Waals surface area (Å²) in [5.41, 5.74) is 8.16. The molecule has 0 unspecified atom stereocenters. The number of nitrogen functional groups attached to an aromatic ring is 1. The number of thiazole rings is 1. The second kappa shape index (κ2) is 9.78. The molecule has 4 heterocycles. The molecular formula is C22H24N8O5S. The van der Waals surface area contributed by atoms with E-state index < -0.39 is 30.4 Å². The average Bonchev–Trinajstić information content (AvgIpc) is 3.57. The van der Waals surface area contributed by atoms with E-state index >= 15 is 0 Å². The van der Waals surface area contributed by atoms with E-state index in [9.17, 15) is 19.8 Å². The van der Waals surface area contributed by atoms with Gasteiger partial charge in [0.05, 0.1) is 24.6 Å². The van der Waals surface area contributed by atoms with E-state index in [1.54, 1.807) is 16.6 Å². The van der Waals surface area contributed by atoms with Crippen LogP contribution in [0.5, 0.6) is 0 Å². The van der Waals surface area contributed by atoms with E-state index in [2.05, 4.69) is 37.1 Å². The van der Waals surface area contributed by atoms with Crippen molar-refractivity contribution in [3.05, 3.63) is 28.7 Å². The third-order valence-corrected chi connectivity index (χ3v) is 7.10. The Labute approximate surface area is 209 Å². The van der Waals surface area contributed by atoms with Crippen LogP contribution in [-0.4, -0.2) is 89.4 Å². The Morgan fingerprint density at radius 2 is 2.14 bits per heavy atom. The molecular weight excluding hydrogens is 488 g/mol. The highest BCUT2D eigenvalue weighted by molar-refractivity contribution is 7.11. The molecule has 5 rings (SSSR count). The first-order valence-electron chi connectivity index (χ1n) is 11.3. The number of carbonyl (C=O) groups is 2. The van der Waals surface area contributed by atoms with Gasteiger partial charge in [-0.05, 0) is 25.2 Å². The lowest BCUT2D eigenvalue weighted by atomic mass is 9.91. The molecule has 2 fully saturated rings. The van der Waals surface area contributed by atoms with Gasteiger partial charge in [0, 0.05) is 13.1 Å². The maximum absolute atomic E-state index is 12.9. The van der Waals surface area contributed by atoms with Gasteiger partial charge in [0.1, 0.15) is 22.6 Å². The van der Waals surface area contributed by atoms with Crippen LogP contribution in [-0.2, 0) is 9.53 Å². The van der Waals surface area contributed by atoms with E-state index in [0.717, 1.165) is 19.3 Å². The average molecular weight is 513 g/mol. The molecule has 0 spiro atoms. The number of anilines is 1. The summed E-state index contributed by atoms with van der Waals surface area (Å²) in [4.78, 5) is 44.0. The van der Waals surface area contributed by atoms with Crippen molar-refractivity contribution >= 4 is 40.1 Å². The molecule has 1 aliphatic carbocycles. The number of amides is 2. The lowest BCUT2D eigenvalue weighted by molar-refractivity contribution is -0.137. The Hall–Kier alpha value is -3.64. The fourth-order valence-corrected chi connectivity index (χ4v) is 4.74. The van der Waals surface area contributed by atoms with Crippen LogP contribution in [0.25, 0.3) is 11.2 Å². The predicted octanol–water partition coefficient (Wildman–Crippen LogP) is -0.723. The van der Waals surface area contributed by atoms with Gasteiger partial charge >= 0.3 is 0 Å². The number of aromatic nitrogens is 5. The number of aliphatic hydroxyl groups excluding tert-OH is 2. The highest BCUT2D eigenvalue weighted by Crippen LogP contribution is 2.32. The second-order valence-electron chi connectivity index (χ2n) is 8.48. The first kappa shape index (κ1) is 24.1. The molecule has 5 N–H and O–H groups in total. The van der Waals surface area contributed by atoms with Gasteiger partial charge in [-0.25, -0.2) is 15.0 Å². The Morgan fingerprint density at radius 1 is 1.33 bits per heavy atom. The zero-order valence-electron chi connectivity index (χ0n) is 19.2.